The third-order valence-corrected chi connectivity index (χ3v) is 1.77. The molecule has 0 N–H and O–H groups in total. The van der Waals surface area contributed by atoms with Crippen molar-refractivity contribution in [2.45, 2.75) is 6.36 Å². The average Bonchev–Trinajstić information content (AvgIpc) is 1.96. The second-order valence-electron chi connectivity index (χ2n) is 2.25. The van der Waals surface area contributed by atoms with Gasteiger partial charge in [-0.1, -0.05) is 23.2 Å². The highest BCUT2D eigenvalue weighted by atomic mass is 35.5. The minimum absolute atomic E-state index is 0.230. The van der Waals surface area contributed by atoms with Crippen molar-refractivity contribution in [3.8, 4) is 5.75 Å². The number of ether oxygens (including phenoxy) is 1. The molecular formula is C7H2Cl2F4O. The molecule has 0 unspecified atom stereocenters. The molecule has 1 aromatic rings. The monoisotopic (exact) mass is 248 g/mol. The van der Waals surface area contributed by atoms with E-state index < -0.39 is 23.0 Å². The smallest absolute Gasteiger partial charge is 0.404 e. The number of rotatable bonds is 1. The molecule has 0 saturated carbocycles. The molecule has 0 bridgehead atoms. The quantitative estimate of drug-likeness (QED) is 0.539. The molecule has 14 heavy (non-hydrogen) atoms. The van der Waals surface area contributed by atoms with Gasteiger partial charge in [0.25, 0.3) is 0 Å². The maximum atomic E-state index is 12.8. The lowest BCUT2D eigenvalue weighted by molar-refractivity contribution is -0.274. The van der Waals surface area contributed by atoms with Crippen molar-refractivity contribution in [3.63, 3.8) is 0 Å². The molecule has 1 nitrogen and oxygen atoms in total. The minimum Gasteiger partial charge on any atom is -0.404 e. The highest BCUT2D eigenvalue weighted by Crippen LogP contribution is 2.34. The van der Waals surface area contributed by atoms with Crippen molar-refractivity contribution in [1.29, 1.82) is 0 Å². The lowest BCUT2D eigenvalue weighted by Gasteiger charge is -2.10. The SMILES string of the molecule is Fc1cc(Cl)cc(OC(F)(F)F)c1Cl. The number of halogens is 6. The van der Waals surface area contributed by atoms with Crippen molar-refractivity contribution in [3.05, 3.63) is 28.0 Å². The summed E-state index contributed by atoms with van der Waals surface area (Å²) >= 11 is 10.5. The zero-order chi connectivity index (χ0) is 10.9. The van der Waals surface area contributed by atoms with Crippen LogP contribution in [0.25, 0.3) is 0 Å². The number of hydrogen-bond donors (Lipinski definition) is 0. The lowest BCUT2D eigenvalue weighted by atomic mass is 10.3. The van der Waals surface area contributed by atoms with Crippen LogP contribution in [0.2, 0.25) is 10.0 Å². The highest BCUT2D eigenvalue weighted by Gasteiger charge is 2.32. The van der Waals surface area contributed by atoms with E-state index in [1.165, 1.54) is 0 Å². The first kappa shape index (κ1) is 11.4. The van der Waals surface area contributed by atoms with Crippen LogP contribution < -0.4 is 4.74 Å². The highest BCUT2D eigenvalue weighted by molar-refractivity contribution is 6.34. The molecule has 0 fully saturated rings. The van der Waals surface area contributed by atoms with E-state index in [1.807, 2.05) is 0 Å². The van der Waals surface area contributed by atoms with E-state index in [4.69, 9.17) is 23.2 Å². The van der Waals surface area contributed by atoms with E-state index >= 15 is 0 Å². The standard InChI is InChI=1S/C7H2Cl2F4O/c8-3-1-4(10)6(9)5(2-3)14-7(11,12)13/h1-2H. The van der Waals surface area contributed by atoms with Gasteiger partial charge in [-0.25, -0.2) is 4.39 Å². The Labute approximate surface area is 86.2 Å². The fourth-order valence-electron chi connectivity index (χ4n) is 0.731. The van der Waals surface area contributed by atoms with E-state index in [0.717, 1.165) is 12.1 Å². The Morgan fingerprint density at radius 1 is 1.14 bits per heavy atom. The van der Waals surface area contributed by atoms with E-state index in [0.29, 0.717) is 0 Å². The van der Waals surface area contributed by atoms with Gasteiger partial charge in [-0.3, -0.25) is 0 Å². The molecule has 1 rings (SSSR count). The normalized spacial score (nSPS) is 11.6. The van der Waals surface area contributed by atoms with Crippen LogP contribution in [0.3, 0.4) is 0 Å². The van der Waals surface area contributed by atoms with Crippen LogP contribution in [0.1, 0.15) is 0 Å². The molecule has 0 aromatic heterocycles. The number of alkyl halides is 3. The van der Waals surface area contributed by atoms with Crippen LogP contribution >= 0.6 is 23.2 Å². The summed E-state index contributed by atoms with van der Waals surface area (Å²) in [7, 11) is 0. The van der Waals surface area contributed by atoms with Gasteiger partial charge in [-0.15, -0.1) is 13.2 Å². The van der Waals surface area contributed by atoms with Gasteiger partial charge in [0.1, 0.15) is 10.8 Å². The maximum absolute atomic E-state index is 12.8. The predicted octanol–water partition coefficient (Wildman–Crippen LogP) is 4.03. The summed E-state index contributed by atoms with van der Waals surface area (Å²) in [5.41, 5.74) is 0. The molecule has 0 atom stereocenters. The molecule has 0 aliphatic heterocycles. The van der Waals surface area contributed by atoms with Gasteiger partial charge in [0.05, 0.1) is 0 Å². The molecule has 0 aliphatic rings. The van der Waals surface area contributed by atoms with Crippen LogP contribution in [0.15, 0.2) is 12.1 Å². The first-order chi connectivity index (χ1) is 6.29. The van der Waals surface area contributed by atoms with Crippen molar-refractivity contribution in [1.82, 2.24) is 0 Å². The second-order valence-corrected chi connectivity index (χ2v) is 3.06. The molecule has 1 aromatic carbocycles. The van der Waals surface area contributed by atoms with Crippen LogP contribution in [0, 0.1) is 5.82 Å². The van der Waals surface area contributed by atoms with Crippen LogP contribution in [-0.2, 0) is 0 Å². The van der Waals surface area contributed by atoms with Gasteiger partial charge in [0.15, 0.2) is 5.75 Å². The van der Waals surface area contributed by atoms with Crippen molar-refractivity contribution in [2.24, 2.45) is 0 Å². The third-order valence-electron chi connectivity index (χ3n) is 1.19. The molecule has 0 aliphatic carbocycles. The molecule has 7 heteroatoms. The van der Waals surface area contributed by atoms with E-state index in [2.05, 4.69) is 4.74 Å². The Balaban J connectivity index is 3.09. The number of hydrogen-bond acceptors (Lipinski definition) is 1. The molecule has 0 saturated heterocycles. The molecule has 0 amide bonds. The Morgan fingerprint density at radius 3 is 2.21 bits per heavy atom. The van der Waals surface area contributed by atoms with Gasteiger partial charge in [0, 0.05) is 11.1 Å². The molecule has 0 radical (unpaired) electrons. The topological polar surface area (TPSA) is 9.23 Å². The number of benzene rings is 1. The van der Waals surface area contributed by atoms with Crippen molar-refractivity contribution >= 4 is 23.2 Å². The van der Waals surface area contributed by atoms with E-state index in [9.17, 15) is 17.6 Å². The molecule has 0 spiro atoms. The first-order valence-corrected chi connectivity index (χ1v) is 3.95. The van der Waals surface area contributed by atoms with Gasteiger partial charge in [-0.05, 0) is 6.07 Å². The fourth-order valence-corrected chi connectivity index (χ4v) is 1.07. The predicted molar refractivity (Wildman–Crippen MR) is 43.1 cm³/mol. The van der Waals surface area contributed by atoms with Crippen molar-refractivity contribution < 1.29 is 22.3 Å². The maximum Gasteiger partial charge on any atom is 0.573 e. The van der Waals surface area contributed by atoms with Gasteiger partial charge in [0.2, 0.25) is 0 Å². The fraction of sp³-hybridized carbons (Fsp3) is 0.143. The average molecular weight is 249 g/mol. The summed E-state index contributed by atoms with van der Waals surface area (Å²) < 4.78 is 51.4. The zero-order valence-electron chi connectivity index (χ0n) is 6.33. The lowest BCUT2D eigenvalue weighted by Crippen LogP contribution is -2.17. The first-order valence-electron chi connectivity index (χ1n) is 3.20. The van der Waals surface area contributed by atoms with Crippen LogP contribution in [-0.4, -0.2) is 6.36 Å². The van der Waals surface area contributed by atoms with Crippen LogP contribution in [0.5, 0.6) is 5.75 Å². The summed E-state index contributed by atoms with van der Waals surface area (Å²) in [4.78, 5) is 0. The Bertz CT molecular complexity index is 350. The molecule has 0 heterocycles. The summed E-state index contributed by atoms with van der Waals surface area (Å²) in [6, 6.07) is 1.56. The second kappa shape index (κ2) is 3.82. The Kier molecular flexibility index (Phi) is 3.11. The van der Waals surface area contributed by atoms with E-state index in [-0.39, 0.29) is 5.02 Å². The molecule has 78 valence electrons. The summed E-state index contributed by atoms with van der Waals surface area (Å²) in [5, 5.41) is -0.988. The molecular weight excluding hydrogens is 247 g/mol. The van der Waals surface area contributed by atoms with Gasteiger partial charge < -0.3 is 4.74 Å². The van der Waals surface area contributed by atoms with E-state index in [1.54, 1.807) is 0 Å². The Hall–Kier alpha value is -0.680. The largest absolute Gasteiger partial charge is 0.573 e. The minimum atomic E-state index is -4.93. The van der Waals surface area contributed by atoms with Crippen molar-refractivity contribution in [2.75, 3.05) is 0 Å². The van der Waals surface area contributed by atoms with Crippen LogP contribution in [0.4, 0.5) is 17.6 Å². The third kappa shape index (κ3) is 2.92. The van der Waals surface area contributed by atoms with Gasteiger partial charge in [-0.2, -0.15) is 0 Å². The summed E-state index contributed by atoms with van der Waals surface area (Å²) in [6.45, 7) is 0. The van der Waals surface area contributed by atoms with Gasteiger partial charge >= 0.3 is 6.36 Å². The summed E-state index contributed by atoms with van der Waals surface area (Å²) in [5.74, 6) is -1.93. The zero-order valence-corrected chi connectivity index (χ0v) is 7.84. The summed E-state index contributed by atoms with van der Waals surface area (Å²) in [6.07, 6.45) is -4.93. The Morgan fingerprint density at radius 2 is 1.71 bits per heavy atom.